The SMILES string of the molecule is Oc1ccc([C@@H]2COc3cc4[nH]ncc4cc3N2c2cc(F)cc(OCCNCCCCCCCCCCCCF)c2)cc1. The Morgan fingerprint density at radius 1 is 0.909 bits per heavy atom. The molecule has 7 nitrogen and oxygen atoms in total. The van der Waals surface area contributed by atoms with E-state index in [1.54, 1.807) is 18.3 Å². The van der Waals surface area contributed by atoms with Crippen molar-refractivity contribution in [3.8, 4) is 17.2 Å². The summed E-state index contributed by atoms with van der Waals surface area (Å²) in [6.45, 7) is 2.20. The van der Waals surface area contributed by atoms with E-state index >= 15 is 4.39 Å². The molecule has 1 aliphatic heterocycles. The number of aromatic hydroxyl groups is 1. The molecule has 0 saturated heterocycles. The summed E-state index contributed by atoms with van der Waals surface area (Å²) in [5, 5.41) is 21.4. The van der Waals surface area contributed by atoms with Crippen LogP contribution in [-0.4, -0.2) is 48.3 Å². The fraction of sp³-hybridized carbons (Fsp3) is 0.457. The van der Waals surface area contributed by atoms with Crippen molar-refractivity contribution in [2.45, 2.75) is 70.3 Å². The lowest BCUT2D eigenvalue weighted by atomic mass is 10.0. The van der Waals surface area contributed by atoms with Crippen LogP contribution >= 0.6 is 0 Å². The first-order valence-corrected chi connectivity index (χ1v) is 16.0. The highest BCUT2D eigenvalue weighted by Gasteiger charge is 2.31. The van der Waals surface area contributed by atoms with Crippen LogP contribution in [-0.2, 0) is 0 Å². The second-order valence-electron chi connectivity index (χ2n) is 11.5. The highest BCUT2D eigenvalue weighted by molar-refractivity contribution is 5.88. The summed E-state index contributed by atoms with van der Waals surface area (Å²) in [5.74, 6) is 0.944. The van der Waals surface area contributed by atoms with E-state index in [-0.39, 0.29) is 24.3 Å². The predicted molar refractivity (Wildman–Crippen MR) is 171 cm³/mol. The molecule has 4 aromatic rings. The number of nitrogens with zero attached hydrogens (tertiary/aromatic N) is 2. The molecule has 44 heavy (non-hydrogen) atoms. The number of alkyl halides is 1. The number of rotatable bonds is 18. The van der Waals surface area contributed by atoms with Crippen molar-refractivity contribution in [2.24, 2.45) is 0 Å². The number of unbranched alkanes of at least 4 members (excludes halogenated alkanes) is 9. The third-order valence-corrected chi connectivity index (χ3v) is 8.18. The molecule has 1 atom stereocenters. The van der Waals surface area contributed by atoms with Gasteiger partial charge in [0.15, 0.2) is 0 Å². The van der Waals surface area contributed by atoms with Gasteiger partial charge in [-0.3, -0.25) is 9.49 Å². The molecule has 236 valence electrons. The second kappa shape index (κ2) is 16.3. The number of ether oxygens (including phenoxy) is 2. The summed E-state index contributed by atoms with van der Waals surface area (Å²) in [6.07, 6.45) is 13.2. The number of aromatic amines is 1. The molecule has 0 aliphatic carbocycles. The van der Waals surface area contributed by atoms with Crippen LogP contribution < -0.4 is 19.7 Å². The largest absolute Gasteiger partial charge is 0.508 e. The number of benzene rings is 3. The van der Waals surface area contributed by atoms with Crippen LogP contribution in [0.15, 0.2) is 60.8 Å². The molecule has 1 aliphatic rings. The zero-order chi connectivity index (χ0) is 30.6. The van der Waals surface area contributed by atoms with Gasteiger partial charge >= 0.3 is 0 Å². The van der Waals surface area contributed by atoms with Crippen molar-refractivity contribution in [2.75, 3.05) is 37.9 Å². The minimum atomic E-state index is -0.382. The molecular formula is C35H44F2N4O3. The lowest BCUT2D eigenvalue weighted by Crippen LogP contribution is -2.33. The molecule has 3 aromatic carbocycles. The molecule has 0 radical (unpaired) electrons. The Hall–Kier alpha value is -3.85. The highest BCUT2D eigenvalue weighted by Crippen LogP contribution is 2.46. The van der Waals surface area contributed by atoms with E-state index in [1.807, 2.05) is 30.3 Å². The number of aromatic nitrogens is 2. The van der Waals surface area contributed by atoms with Gasteiger partial charge in [-0.25, -0.2) is 4.39 Å². The molecule has 0 spiro atoms. The second-order valence-corrected chi connectivity index (χ2v) is 11.5. The quantitative estimate of drug-likeness (QED) is 0.0985. The molecule has 3 N–H and O–H groups in total. The van der Waals surface area contributed by atoms with Crippen LogP contribution in [0.5, 0.6) is 17.2 Å². The van der Waals surface area contributed by atoms with Gasteiger partial charge in [0.2, 0.25) is 0 Å². The summed E-state index contributed by atoms with van der Waals surface area (Å²) < 4.78 is 39.3. The molecule has 5 rings (SSSR count). The number of hydrogen-bond donors (Lipinski definition) is 3. The van der Waals surface area contributed by atoms with E-state index < -0.39 is 0 Å². The zero-order valence-corrected chi connectivity index (χ0v) is 25.4. The summed E-state index contributed by atoms with van der Waals surface area (Å²) in [6, 6.07) is 15.5. The van der Waals surface area contributed by atoms with E-state index in [4.69, 9.17) is 9.47 Å². The van der Waals surface area contributed by atoms with Crippen LogP contribution in [0.1, 0.15) is 75.8 Å². The van der Waals surface area contributed by atoms with Gasteiger partial charge in [-0.1, -0.05) is 63.5 Å². The van der Waals surface area contributed by atoms with E-state index in [1.165, 1.54) is 50.7 Å². The van der Waals surface area contributed by atoms with Crippen molar-refractivity contribution < 1.29 is 23.4 Å². The van der Waals surface area contributed by atoms with E-state index in [0.29, 0.717) is 43.4 Å². The summed E-state index contributed by atoms with van der Waals surface area (Å²) in [5.41, 5.74) is 3.25. The number of phenolic OH excluding ortho intramolecular Hbond substituents is 1. The van der Waals surface area contributed by atoms with Crippen molar-refractivity contribution in [1.82, 2.24) is 15.5 Å². The van der Waals surface area contributed by atoms with Gasteiger partial charge in [0, 0.05) is 35.8 Å². The molecule has 0 saturated carbocycles. The number of H-pyrrole nitrogens is 1. The van der Waals surface area contributed by atoms with Crippen molar-refractivity contribution in [1.29, 1.82) is 0 Å². The average molecular weight is 607 g/mol. The maximum atomic E-state index is 15.0. The van der Waals surface area contributed by atoms with Crippen molar-refractivity contribution in [3.63, 3.8) is 0 Å². The molecule has 0 bridgehead atoms. The fourth-order valence-electron chi connectivity index (χ4n) is 5.83. The summed E-state index contributed by atoms with van der Waals surface area (Å²) in [4.78, 5) is 2.07. The Kier molecular flexibility index (Phi) is 11.7. The highest BCUT2D eigenvalue weighted by atomic mass is 19.1. The van der Waals surface area contributed by atoms with Crippen molar-refractivity contribution >= 4 is 22.3 Å². The average Bonchev–Trinajstić information content (AvgIpc) is 3.49. The van der Waals surface area contributed by atoms with Crippen LogP contribution in [0.25, 0.3) is 10.9 Å². The van der Waals surface area contributed by atoms with E-state index in [2.05, 4.69) is 20.4 Å². The third kappa shape index (κ3) is 8.62. The number of hydrogen-bond acceptors (Lipinski definition) is 6. The molecule has 2 heterocycles. The smallest absolute Gasteiger partial charge is 0.145 e. The number of nitrogens with one attached hydrogen (secondary N) is 2. The first kappa shape index (κ1) is 31.6. The number of fused-ring (bicyclic) bond motifs is 2. The molecule has 0 fully saturated rings. The Morgan fingerprint density at radius 3 is 2.39 bits per heavy atom. The Labute approximate surface area is 258 Å². The van der Waals surface area contributed by atoms with Crippen LogP contribution in [0, 0.1) is 5.82 Å². The number of anilines is 2. The molecule has 0 amide bonds. The molecular weight excluding hydrogens is 562 g/mol. The van der Waals surface area contributed by atoms with E-state index in [0.717, 1.165) is 48.0 Å². The first-order valence-electron chi connectivity index (χ1n) is 16.0. The van der Waals surface area contributed by atoms with Crippen LogP contribution in [0.3, 0.4) is 0 Å². The fourth-order valence-corrected chi connectivity index (χ4v) is 5.83. The van der Waals surface area contributed by atoms with Gasteiger partial charge in [0.25, 0.3) is 0 Å². The van der Waals surface area contributed by atoms with Gasteiger partial charge in [-0.15, -0.1) is 0 Å². The monoisotopic (exact) mass is 606 g/mol. The minimum Gasteiger partial charge on any atom is -0.508 e. The van der Waals surface area contributed by atoms with Crippen LogP contribution in [0.2, 0.25) is 0 Å². The topological polar surface area (TPSA) is 82.6 Å². The maximum absolute atomic E-state index is 15.0. The predicted octanol–water partition coefficient (Wildman–Crippen LogP) is 8.52. The summed E-state index contributed by atoms with van der Waals surface area (Å²) in [7, 11) is 0. The van der Waals surface area contributed by atoms with Crippen LogP contribution in [0.4, 0.5) is 20.2 Å². The molecule has 0 unspecified atom stereocenters. The normalized spacial score (nSPS) is 14.5. The van der Waals surface area contributed by atoms with Gasteiger partial charge in [0.05, 0.1) is 30.1 Å². The van der Waals surface area contributed by atoms with Crippen molar-refractivity contribution in [3.05, 3.63) is 72.2 Å². The summed E-state index contributed by atoms with van der Waals surface area (Å²) >= 11 is 0. The lowest BCUT2D eigenvalue weighted by Gasteiger charge is -2.39. The van der Waals surface area contributed by atoms with Gasteiger partial charge in [0.1, 0.15) is 36.3 Å². The standard InChI is InChI=1S/C35H44F2N4O3/c36-15-9-7-5-3-1-2-4-6-8-10-16-38-17-18-43-31-21-28(37)20-29(22-31)41-33-19-27-24-39-40-32(27)23-35(33)44-25-34(41)26-11-13-30(42)14-12-26/h11-14,19-24,34,38,42H,1-10,15-18,25H2,(H,39,40)/t34-/m0/s1. The minimum absolute atomic E-state index is 0.182. The Morgan fingerprint density at radius 2 is 1.64 bits per heavy atom. The van der Waals surface area contributed by atoms with Gasteiger partial charge in [-0.2, -0.15) is 5.10 Å². The maximum Gasteiger partial charge on any atom is 0.145 e. The third-order valence-electron chi connectivity index (χ3n) is 8.18. The molecule has 1 aromatic heterocycles. The number of phenols is 1. The van der Waals surface area contributed by atoms with Gasteiger partial charge < -0.3 is 24.8 Å². The first-order chi connectivity index (χ1) is 21.6. The lowest BCUT2D eigenvalue weighted by molar-refractivity contribution is 0.272. The number of halogens is 2. The Balaban J connectivity index is 1.14. The Bertz CT molecular complexity index is 1450. The zero-order valence-electron chi connectivity index (χ0n) is 25.4. The van der Waals surface area contributed by atoms with E-state index in [9.17, 15) is 9.50 Å². The van der Waals surface area contributed by atoms with Gasteiger partial charge in [-0.05, 0) is 49.2 Å². The molecule has 9 heteroatoms.